The zero-order chi connectivity index (χ0) is 14.7. The fourth-order valence-corrected chi connectivity index (χ4v) is 2.95. The summed E-state index contributed by atoms with van der Waals surface area (Å²) < 4.78 is 0. The van der Waals surface area contributed by atoms with Crippen molar-refractivity contribution in [1.29, 1.82) is 0 Å². The number of nitrogens with zero attached hydrogens (tertiary/aromatic N) is 1. The lowest BCUT2D eigenvalue weighted by Crippen LogP contribution is -2.21. The highest BCUT2D eigenvalue weighted by Gasteiger charge is 2.13. The zero-order valence-corrected chi connectivity index (χ0v) is 13.3. The zero-order valence-electron chi connectivity index (χ0n) is 12.5. The van der Waals surface area contributed by atoms with Crippen molar-refractivity contribution in [1.82, 2.24) is 9.88 Å². The van der Waals surface area contributed by atoms with Gasteiger partial charge in [0, 0.05) is 23.4 Å². The fourth-order valence-electron chi connectivity index (χ4n) is 2.95. The average molecular weight is 321 g/mol. The van der Waals surface area contributed by atoms with Gasteiger partial charge in [-0.25, -0.2) is 0 Å². The van der Waals surface area contributed by atoms with Gasteiger partial charge in [-0.05, 0) is 51.0 Å². The number of halogens is 1. The molecule has 4 nitrogen and oxygen atoms in total. The number of carbonyl (C=O) groups is 1. The molecule has 0 saturated carbocycles. The third-order valence-electron chi connectivity index (χ3n) is 4.11. The van der Waals surface area contributed by atoms with E-state index in [1.807, 2.05) is 18.2 Å². The number of para-hydroxylation sites is 1. The molecule has 0 amide bonds. The first kappa shape index (κ1) is 16.7. The summed E-state index contributed by atoms with van der Waals surface area (Å²) in [7, 11) is 0. The maximum atomic E-state index is 12.2. The molecule has 118 valence electrons. The lowest BCUT2D eigenvalue weighted by atomic mass is 10.1. The Bertz CT molecular complexity index is 705. The number of ketones is 1. The molecule has 2 heterocycles. The molecule has 0 radical (unpaired) electrons. The van der Waals surface area contributed by atoms with Gasteiger partial charge in [0.05, 0.1) is 5.69 Å². The molecule has 1 aliphatic rings. The predicted octanol–water partition coefficient (Wildman–Crippen LogP) is 3.01. The van der Waals surface area contributed by atoms with Crippen molar-refractivity contribution in [3.63, 3.8) is 0 Å². The normalized spacial score (nSPS) is 14.9. The highest BCUT2D eigenvalue weighted by molar-refractivity contribution is 5.96. The maximum absolute atomic E-state index is 12.2. The SMILES string of the molecule is Cl.O=C(CCCN1CCCC1)c1cc(=O)c2ccccc2[nH]1. The summed E-state index contributed by atoms with van der Waals surface area (Å²) in [6.07, 6.45) is 3.89. The lowest BCUT2D eigenvalue weighted by molar-refractivity contribution is 0.0971. The van der Waals surface area contributed by atoms with Crippen molar-refractivity contribution in [3.05, 3.63) is 46.2 Å². The van der Waals surface area contributed by atoms with Crippen LogP contribution in [0.1, 0.15) is 36.2 Å². The Morgan fingerprint density at radius 2 is 1.91 bits per heavy atom. The van der Waals surface area contributed by atoms with E-state index >= 15 is 0 Å². The first-order valence-electron chi connectivity index (χ1n) is 7.62. The van der Waals surface area contributed by atoms with Crippen molar-refractivity contribution in [3.8, 4) is 0 Å². The molecule has 0 atom stereocenters. The van der Waals surface area contributed by atoms with Crippen LogP contribution in [-0.4, -0.2) is 35.3 Å². The molecule has 22 heavy (non-hydrogen) atoms. The second-order valence-electron chi connectivity index (χ2n) is 5.67. The van der Waals surface area contributed by atoms with Crippen LogP contribution in [0.15, 0.2) is 35.1 Å². The number of rotatable bonds is 5. The third kappa shape index (κ3) is 3.76. The average Bonchev–Trinajstić information content (AvgIpc) is 3.00. The first-order chi connectivity index (χ1) is 10.2. The van der Waals surface area contributed by atoms with Crippen molar-refractivity contribution >= 4 is 29.1 Å². The Labute approximate surface area is 135 Å². The quantitative estimate of drug-likeness (QED) is 0.862. The Hall–Kier alpha value is -1.65. The molecule has 0 bridgehead atoms. The number of pyridine rings is 1. The van der Waals surface area contributed by atoms with Gasteiger partial charge >= 0.3 is 0 Å². The standard InChI is InChI=1S/C17H20N2O2.ClH/c20-16(8-5-11-19-9-3-4-10-19)15-12-17(21)13-6-1-2-7-14(13)18-15;/h1-2,6-7,12H,3-5,8-11H2,(H,18,21);1H. The third-order valence-corrected chi connectivity index (χ3v) is 4.11. The Kier molecular flexibility index (Phi) is 5.75. The second-order valence-corrected chi connectivity index (χ2v) is 5.67. The van der Waals surface area contributed by atoms with E-state index in [9.17, 15) is 9.59 Å². The minimum absolute atomic E-state index is 0. The van der Waals surface area contributed by atoms with Crippen LogP contribution in [0.25, 0.3) is 10.9 Å². The van der Waals surface area contributed by atoms with Gasteiger partial charge in [-0.15, -0.1) is 12.4 Å². The van der Waals surface area contributed by atoms with Crippen LogP contribution in [-0.2, 0) is 0 Å². The van der Waals surface area contributed by atoms with Gasteiger partial charge in [-0.3, -0.25) is 9.59 Å². The summed E-state index contributed by atoms with van der Waals surface area (Å²) in [5.74, 6) is 0.0250. The highest BCUT2D eigenvalue weighted by Crippen LogP contribution is 2.11. The number of H-pyrrole nitrogens is 1. The van der Waals surface area contributed by atoms with Crippen LogP contribution in [0.5, 0.6) is 0 Å². The van der Waals surface area contributed by atoms with Gasteiger partial charge in [-0.2, -0.15) is 0 Å². The molecular formula is C17H21ClN2O2. The molecule has 1 N–H and O–H groups in total. The maximum Gasteiger partial charge on any atom is 0.190 e. The van der Waals surface area contributed by atoms with Gasteiger partial charge in [0.15, 0.2) is 11.2 Å². The minimum Gasteiger partial charge on any atom is -0.352 e. The summed E-state index contributed by atoms with van der Waals surface area (Å²) in [6.45, 7) is 3.28. The van der Waals surface area contributed by atoms with E-state index in [4.69, 9.17) is 0 Å². The van der Waals surface area contributed by atoms with E-state index in [-0.39, 0.29) is 23.6 Å². The van der Waals surface area contributed by atoms with Crippen molar-refractivity contribution in [2.75, 3.05) is 19.6 Å². The van der Waals surface area contributed by atoms with Crippen molar-refractivity contribution in [2.45, 2.75) is 25.7 Å². The van der Waals surface area contributed by atoms with Crippen LogP contribution in [0.4, 0.5) is 0 Å². The number of fused-ring (bicyclic) bond motifs is 1. The molecule has 0 spiro atoms. The molecule has 5 heteroatoms. The van der Waals surface area contributed by atoms with Crippen LogP contribution in [0.2, 0.25) is 0 Å². The molecule has 1 fully saturated rings. The van der Waals surface area contributed by atoms with E-state index in [0.29, 0.717) is 17.5 Å². The van der Waals surface area contributed by atoms with Gasteiger partial charge in [0.25, 0.3) is 0 Å². The van der Waals surface area contributed by atoms with E-state index in [1.165, 1.54) is 18.9 Å². The van der Waals surface area contributed by atoms with Crippen LogP contribution in [0.3, 0.4) is 0 Å². The number of hydrogen-bond donors (Lipinski definition) is 1. The molecule has 1 saturated heterocycles. The van der Waals surface area contributed by atoms with Gasteiger partial charge < -0.3 is 9.88 Å². The molecule has 2 aromatic rings. The smallest absolute Gasteiger partial charge is 0.190 e. The molecular weight excluding hydrogens is 300 g/mol. The first-order valence-corrected chi connectivity index (χ1v) is 7.62. The lowest BCUT2D eigenvalue weighted by Gasteiger charge is -2.13. The van der Waals surface area contributed by atoms with Crippen LogP contribution < -0.4 is 5.43 Å². The van der Waals surface area contributed by atoms with E-state index in [0.717, 1.165) is 31.6 Å². The second kappa shape index (κ2) is 7.56. The fraction of sp³-hybridized carbons (Fsp3) is 0.412. The number of Topliss-reactive ketones (excluding diaryl/α,β-unsaturated/α-hetero) is 1. The monoisotopic (exact) mass is 320 g/mol. The largest absolute Gasteiger partial charge is 0.352 e. The molecule has 1 aliphatic heterocycles. The van der Waals surface area contributed by atoms with Crippen molar-refractivity contribution in [2.24, 2.45) is 0 Å². The van der Waals surface area contributed by atoms with Crippen LogP contribution in [0, 0.1) is 0 Å². The highest BCUT2D eigenvalue weighted by atomic mass is 35.5. The number of hydrogen-bond acceptors (Lipinski definition) is 3. The number of aromatic amines is 1. The van der Waals surface area contributed by atoms with E-state index < -0.39 is 0 Å². The Balaban J connectivity index is 0.00000176. The molecule has 0 unspecified atom stereocenters. The summed E-state index contributed by atoms with van der Waals surface area (Å²) in [6, 6.07) is 8.73. The van der Waals surface area contributed by atoms with Gasteiger partial charge in [0.2, 0.25) is 0 Å². The number of aromatic nitrogens is 1. The van der Waals surface area contributed by atoms with E-state index in [1.54, 1.807) is 6.07 Å². The number of benzene rings is 1. The Morgan fingerprint density at radius 1 is 1.18 bits per heavy atom. The van der Waals surface area contributed by atoms with E-state index in [2.05, 4.69) is 9.88 Å². The molecule has 0 aliphatic carbocycles. The minimum atomic E-state index is -0.0905. The number of nitrogens with one attached hydrogen (secondary N) is 1. The molecule has 1 aromatic heterocycles. The topological polar surface area (TPSA) is 53.2 Å². The summed E-state index contributed by atoms with van der Waals surface area (Å²) in [5, 5.41) is 0.631. The summed E-state index contributed by atoms with van der Waals surface area (Å²) >= 11 is 0. The predicted molar refractivity (Wildman–Crippen MR) is 91.1 cm³/mol. The van der Waals surface area contributed by atoms with Crippen LogP contribution >= 0.6 is 12.4 Å². The number of likely N-dealkylation sites (tertiary alicyclic amines) is 1. The van der Waals surface area contributed by atoms with Gasteiger partial charge in [-0.1, -0.05) is 12.1 Å². The molecule has 3 rings (SSSR count). The summed E-state index contributed by atoms with van der Waals surface area (Å²) in [5.41, 5.74) is 1.07. The van der Waals surface area contributed by atoms with Gasteiger partial charge in [0.1, 0.15) is 0 Å². The molecule has 1 aromatic carbocycles. The number of carbonyl (C=O) groups excluding carboxylic acids is 1. The Morgan fingerprint density at radius 3 is 2.68 bits per heavy atom. The summed E-state index contributed by atoms with van der Waals surface area (Å²) in [4.78, 5) is 29.7. The van der Waals surface area contributed by atoms with Crippen molar-refractivity contribution < 1.29 is 4.79 Å².